The number of fused-ring (bicyclic) bond motifs is 2. The second kappa shape index (κ2) is 7.12. The van der Waals surface area contributed by atoms with Crippen molar-refractivity contribution in [1.29, 1.82) is 0 Å². The molecule has 2 aromatic carbocycles. The summed E-state index contributed by atoms with van der Waals surface area (Å²) < 4.78 is 22.3. The first kappa shape index (κ1) is 16.5. The molecule has 2 aliphatic heterocycles. The molecular weight excluding hydrogens is 342 g/mol. The van der Waals surface area contributed by atoms with Crippen molar-refractivity contribution >= 4 is 11.6 Å². The Labute approximate surface area is 152 Å². The van der Waals surface area contributed by atoms with E-state index in [0.29, 0.717) is 24.8 Å². The Morgan fingerprint density at radius 3 is 2.72 bits per heavy atom. The fourth-order valence-electron chi connectivity index (χ4n) is 3.22. The molecular formula is C19H20ClNO4. The van der Waals surface area contributed by atoms with Crippen LogP contribution in [-0.4, -0.2) is 32.0 Å². The maximum absolute atomic E-state index is 6.24. The van der Waals surface area contributed by atoms with Crippen LogP contribution in [0.15, 0.2) is 30.3 Å². The topological polar surface area (TPSA) is 40.2 Å². The van der Waals surface area contributed by atoms with Crippen LogP contribution < -0.4 is 14.2 Å². The number of rotatable bonds is 4. The van der Waals surface area contributed by atoms with E-state index in [9.17, 15) is 0 Å². The van der Waals surface area contributed by atoms with Crippen molar-refractivity contribution in [3.8, 4) is 17.2 Å². The molecule has 2 aliphatic rings. The van der Waals surface area contributed by atoms with Gasteiger partial charge in [0.15, 0.2) is 18.3 Å². The van der Waals surface area contributed by atoms with Gasteiger partial charge < -0.3 is 18.9 Å². The summed E-state index contributed by atoms with van der Waals surface area (Å²) in [5.41, 5.74) is 3.25. The van der Waals surface area contributed by atoms with Crippen molar-refractivity contribution < 1.29 is 18.9 Å². The maximum Gasteiger partial charge on any atom is 0.189 e. The van der Waals surface area contributed by atoms with Crippen LogP contribution in [-0.2, 0) is 24.4 Å². The molecule has 0 saturated heterocycles. The third kappa shape index (κ3) is 3.68. The zero-order chi connectivity index (χ0) is 17.2. The summed E-state index contributed by atoms with van der Waals surface area (Å²) in [5, 5.41) is 0.704. The Kier molecular flexibility index (Phi) is 4.70. The predicted octanol–water partition coefficient (Wildman–Crippen LogP) is 3.61. The van der Waals surface area contributed by atoms with Crippen molar-refractivity contribution in [2.24, 2.45) is 0 Å². The van der Waals surface area contributed by atoms with Crippen LogP contribution in [0.2, 0.25) is 5.02 Å². The van der Waals surface area contributed by atoms with E-state index in [2.05, 4.69) is 18.0 Å². The van der Waals surface area contributed by atoms with Gasteiger partial charge in [-0.1, -0.05) is 17.7 Å². The highest BCUT2D eigenvalue weighted by Crippen LogP contribution is 2.33. The number of hydrogen-bond donors (Lipinski definition) is 0. The first-order valence-electron chi connectivity index (χ1n) is 8.28. The molecule has 0 bridgehead atoms. The third-order valence-electron chi connectivity index (χ3n) is 4.25. The van der Waals surface area contributed by atoms with Crippen LogP contribution in [0.5, 0.6) is 17.2 Å². The Balaban J connectivity index is 1.49. The minimum Gasteiger partial charge on any atom is -0.486 e. The zero-order valence-electron chi connectivity index (χ0n) is 14.1. The summed E-state index contributed by atoms with van der Waals surface area (Å²) in [4.78, 5) is 2.22. The molecule has 0 spiro atoms. The molecule has 4 rings (SSSR count). The fourth-order valence-corrected chi connectivity index (χ4v) is 3.48. The van der Waals surface area contributed by atoms with E-state index in [1.54, 1.807) is 0 Å². The smallest absolute Gasteiger partial charge is 0.189 e. The van der Waals surface area contributed by atoms with Crippen molar-refractivity contribution in [2.75, 3.05) is 27.1 Å². The molecule has 6 heteroatoms. The van der Waals surface area contributed by atoms with Gasteiger partial charge in [0.1, 0.15) is 19.0 Å². The summed E-state index contributed by atoms with van der Waals surface area (Å²) in [7, 11) is 2.07. The van der Waals surface area contributed by atoms with E-state index in [1.807, 2.05) is 24.3 Å². The average molecular weight is 362 g/mol. The fraction of sp³-hybridized carbons (Fsp3) is 0.368. The molecule has 0 fully saturated rings. The van der Waals surface area contributed by atoms with Crippen molar-refractivity contribution in [2.45, 2.75) is 19.7 Å². The zero-order valence-corrected chi connectivity index (χ0v) is 14.8. The van der Waals surface area contributed by atoms with Gasteiger partial charge in [-0.05, 0) is 36.9 Å². The highest BCUT2D eigenvalue weighted by Gasteiger charge is 2.18. The average Bonchev–Trinajstić information content (AvgIpc) is 2.61. The Morgan fingerprint density at radius 2 is 1.84 bits per heavy atom. The molecule has 0 aromatic heterocycles. The van der Waals surface area contributed by atoms with E-state index in [0.717, 1.165) is 41.5 Å². The first-order chi connectivity index (χ1) is 12.2. The van der Waals surface area contributed by atoms with E-state index in [1.165, 1.54) is 5.56 Å². The molecule has 5 nitrogen and oxygen atoms in total. The molecule has 0 atom stereocenters. The number of halogens is 1. The summed E-state index contributed by atoms with van der Waals surface area (Å²) in [6.45, 7) is 3.55. The Bertz CT molecular complexity index is 780. The van der Waals surface area contributed by atoms with Gasteiger partial charge in [0, 0.05) is 29.2 Å². The summed E-state index contributed by atoms with van der Waals surface area (Å²) in [6.07, 6.45) is 0. The SMILES string of the molecule is CN(Cc1ccc2c(c1)OCCO2)Cc1cc(Cl)cc2c1OCOC2. The summed E-state index contributed by atoms with van der Waals surface area (Å²) in [5.74, 6) is 2.53. The lowest BCUT2D eigenvalue weighted by Crippen LogP contribution is -2.20. The van der Waals surface area contributed by atoms with Crippen LogP contribution in [0.3, 0.4) is 0 Å². The normalized spacial score (nSPS) is 15.6. The van der Waals surface area contributed by atoms with Crippen LogP contribution in [0, 0.1) is 0 Å². The van der Waals surface area contributed by atoms with E-state index < -0.39 is 0 Å². The second-order valence-corrected chi connectivity index (χ2v) is 6.75. The molecule has 0 aliphatic carbocycles. The standard InChI is InChI=1S/C19H20ClNO4/c1-21(9-13-2-3-17-18(6-13)24-5-4-23-17)10-14-7-16(20)8-15-11-22-12-25-19(14)15/h2-3,6-8H,4-5,9-12H2,1H3. The lowest BCUT2D eigenvalue weighted by molar-refractivity contribution is -0.0174. The van der Waals surface area contributed by atoms with Gasteiger partial charge in [0.2, 0.25) is 0 Å². The Hall–Kier alpha value is -1.95. The van der Waals surface area contributed by atoms with Gasteiger partial charge >= 0.3 is 0 Å². The minimum absolute atomic E-state index is 0.285. The van der Waals surface area contributed by atoms with Gasteiger partial charge in [-0.25, -0.2) is 0 Å². The molecule has 0 N–H and O–H groups in total. The van der Waals surface area contributed by atoms with Gasteiger partial charge in [0.25, 0.3) is 0 Å². The molecule has 2 heterocycles. The molecule has 0 amide bonds. The molecule has 0 saturated carbocycles. The predicted molar refractivity (Wildman–Crippen MR) is 94.3 cm³/mol. The molecule has 0 unspecified atom stereocenters. The van der Waals surface area contributed by atoms with Crippen molar-refractivity contribution in [3.63, 3.8) is 0 Å². The lowest BCUT2D eigenvalue weighted by atomic mass is 10.1. The van der Waals surface area contributed by atoms with Crippen LogP contribution in [0.4, 0.5) is 0 Å². The number of ether oxygens (including phenoxy) is 4. The third-order valence-corrected chi connectivity index (χ3v) is 4.47. The largest absolute Gasteiger partial charge is 0.486 e. The van der Waals surface area contributed by atoms with E-state index >= 15 is 0 Å². The van der Waals surface area contributed by atoms with Crippen LogP contribution in [0.25, 0.3) is 0 Å². The summed E-state index contributed by atoms with van der Waals surface area (Å²) >= 11 is 6.24. The molecule has 25 heavy (non-hydrogen) atoms. The minimum atomic E-state index is 0.285. The highest BCUT2D eigenvalue weighted by atomic mass is 35.5. The monoisotopic (exact) mass is 361 g/mol. The second-order valence-electron chi connectivity index (χ2n) is 6.31. The quantitative estimate of drug-likeness (QED) is 0.832. The number of benzene rings is 2. The van der Waals surface area contributed by atoms with Gasteiger partial charge in [0.05, 0.1) is 6.61 Å². The molecule has 2 aromatic rings. The summed E-state index contributed by atoms with van der Waals surface area (Å²) in [6, 6.07) is 9.95. The van der Waals surface area contributed by atoms with E-state index in [4.69, 9.17) is 30.5 Å². The van der Waals surface area contributed by atoms with Crippen molar-refractivity contribution in [1.82, 2.24) is 4.90 Å². The number of nitrogens with zero attached hydrogens (tertiary/aromatic N) is 1. The van der Waals surface area contributed by atoms with Crippen LogP contribution >= 0.6 is 11.6 Å². The first-order valence-corrected chi connectivity index (χ1v) is 8.66. The van der Waals surface area contributed by atoms with Gasteiger partial charge in [-0.2, -0.15) is 0 Å². The Morgan fingerprint density at radius 1 is 1.00 bits per heavy atom. The van der Waals surface area contributed by atoms with Crippen LogP contribution in [0.1, 0.15) is 16.7 Å². The maximum atomic E-state index is 6.24. The highest BCUT2D eigenvalue weighted by molar-refractivity contribution is 6.30. The van der Waals surface area contributed by atoms with Gasteiger partial charge in [-0.15, -0.1) is 0 Å². The van der Waals surface area contributed by atoms with Gasteiger partial charge in [-0.3, -0.25) is 4.90 Å². The van der Waals surface area contributed by atoms with Crippen molar-refractivity contribution in [3.05, 3.63) is 52.0 Å². The number of hydrogen-bond acceptors (Lipinski definition) is 5. The lowest BCUT2D eigenvalue weighted by Gasteiger charge is -2.24. The molecule has 0 radical (unpaired) electrons. The molecule has 132 valence electrons. The van der Waals surface area contributed by atoms with E-state index in [-0.39, 0.29) is 6.79 Å².